The van der Waals surface area contributed by atoms with Gasteiger partial charge in [0.1, 0.15) is 17.4 Å². The molecule has 7 heteroatoms. The summed E-state index contributed by atoms with van der Waals surface area (Å²) in [5, 5.41) is 29.3. The highest BCUT2D eigenvalue weighted by atomic mass is 16.5. The SMILES string of the molecule is C=CC[C@H](O)C[C@H]1C[C@H](OCc2ccccc2)C[C@H](Cc2cccc(O)c2C(=O)OCC#N)O1. The molecule has 1 heterocycles. The number of benzene rings is 2. The van der Waals surface area contributed by atoms with E-state index in [0.29, 0.717) is 44.3 Å². The zero-order valence-electron chi connectivity index (χ0n) is 19.1. The summed E-state index contributed by atoms with van der Waals surface area (Å²) >= 11 is 0. The molecule has 0 bridgehead atoms. The van der Waals surface area contributed by atoms with Crippen molar-refractivity contribution in [2.24, 2.45) is 0 Å². The van der Waals surface area contributed by atoms with Gasteiger partial charge in [0.25, 0.3) is 0 Å². The zero-order chi connectivity index (χ0) is 24.3. The largest absolute Gasteiger partial charge is 0.507 e. The molecule has 1 aliphatic heterocycles. The molecule has 0 amide bonds. The van der Waals surface area contributed by atoms with E-state index in [1.165, 1.54) is 6.07 Å². The van der Waals surface area contributed by atoms with Gasteiger partial charge in [0.05, 0.1) is 31.0 Å². The van der Waals surface area contributed by atoms with Crippen LogP contribution in [0.3, 0.4) is 0 Å². The molecule has 2 aromatic carbocycles. The number of aromatic hydroxyl groups is 1. The first kappa shape index (κ1) is 25.4. The average Bonchev–Trinajstić information content (AvgIpc) is 2.82. The number of hydrogen-bond acceptors (Lipinski definition) is 7. The Hall–Kier alpha value is -3.18. The van der Waals surface area contributed by atoms with E-state index in [1.807, 2.05) is 30.3 Å². The third-order valence-electron chi connectivity index (χ3n) is 5.79. The molecule has 34 heavy (non-hydrogen) atoms. The van der Waals surface area contributed by atoms with Crippen molar-refractivity contribution in [2.45, 2.75) is 63.1 Å². The second-order valence-corrected chi connectivity index (χ2v) is 8.43. The molecule has 2 aromatic rings. The van der Waals surface area contributed by atoms with Gasteiger partial charge in [-0.05, 0) is 42.9 Å². The number of aliphatic hydroxyl groups is 1. The van der Waals surface area contributed by atoms with E-state index in [4.69, 9.17) is 19.5 Å². The van der Waals surface area contributed by atoms with Crippen molar-refractivity contribution >= 4 is 5.97 Å². The van der Waals surface area contributed by atoms with Gasteiger partial charge < -0.3 is 24.4 Å². The van der Waals surface area contributed by atoms with Crippen LogP contribution in [0.5, 0.6) is 5.75 Å². The fourth-order valence-corrected chi connectivity index (χ4v) is 4.27. The third kappa shape index (κ3) is 7.42. The quantitative estimate of drug-likeness (QED) is 0.380. The average molecular weight is 466 g/mol. The first-order valence-electron chi connectivity index (χ1n) is 11.4. The number of aliphatic hydroxyl groups excluding tert-OH is 1. The minimum absolute atomic E-state index is 0.0388. The first-order valence-corrected chi connectivity index (χ1v) is 11.4. The lowest BCUT2D eigenvalue weighted by Gasteiger charge is -2.36. The molecule has 3 rings (SSSR count). The van der Waals surface area contributed by atoms with Crippen LogP contribution in [-0.4, -0.2) is 47.2 Å². The van der Waals surface area contributed by atoms with Gasteiger partial charge in [-0.25, -0.2) is 4.79 Å². The van der Waals surface area contributed by atoms with E-state index in [1.54, 1.807) is 24.3 Å². The standard InChI is InChI=1S/C27H31NO6/c1-2-7-21(29)15-24-17-22(33-18-19-8-4-3-5-9-19)16-23(34-24)14-20-10-6-11-25(30)26(20)27(31)32-13-12-28/h2-6,8-11,21-24,29-30H,1,7,13-18H2/t21-,22+,23-,24-/m0/s1. The number of nitriles is 1. The van der Waals surface area contributed by atoms with Crippen molar-refractivity contribution in [3.8, 4) is 11.8 Å². The molecule has 0 unspecified atom stereocenters. The highest BCUT2D eigenvalue weighted by Gasteiger charge is 2.32. The summed E-state index contributed by atoms with van der Waals surface area (Å²) in [5.41, 5.74) is 1.68. The molecule has 1 aliphatic rings. The molecule has 1 saturated heterocycles. The van der Waals surface area contributed by atoms with Crippen molar-refractivity contribution in [1.82, 2.24) is 0 Å². The summed E-state index contributed by atoms with van der Waals surface area (Å²) in [5.74, 6) is -0.952. The minimum atomic E-state index is -0.750. The normalized spacial score (nSPS) is 20.8. The molecule has 0 saturated carbocycles. The molecule has 4 atom stereocenters. The predicted molar refractivity (Wildman–Crippen MR) is 126 cm³/mol. The molecular weight excluding hydrogens is 434 g/mol. The lowest BCUT2D eigenvalue weighted by atomic mass is 9.92. The van der Waals surface area contributed by atoms with Gasteiger partial charge in [0.2, 0.25) is 0 Å². The Labute approximate surface area is 200 Å². The summed E-state index contributed by atoms with van der Waals surface area (Å²) in [7, 11) is 0. The number of phenols is 1. The molecule has 0 radical (unpaired) electrons. The highest BCUT2D eigenvalue weighted by Crippen LogP contribution is 2.31. The molecule has 0 aliphatic carbocycles. The summed E-state index contributed by atoms with van der Waals surface area (Å²) in [6.07, 6.45) is 3.04. The Morgan fingerprint density at radius 1 is 1.21 bits per heavy atom. The number of esters is 1. The van der Waals surface area contributed by atoms with Gasteiger partial charge in [-0.2, -0.15) is 5.26 Å². The summed E-state index contributed by atoms with van der Waals surface area (Å²) in [6.45, 7) is 3.76. The van der Waals surface area contributed by atoms with Crippen molar-refractivity contribution in [3.63, 3.8) is 0 Å². The van der Waals surface area contributed by atoms with Gasteiger partial charge in [0, 0.05) is 6.42 Å². The van der Waals surface area contributed by atoms with Gasteiger partial charge in [-0.3, -0.25) is 0 Å². The molecule has 180 valence electrons. The number of rotatable bonds is 11. The van der Waals surface area contributed by atoms with Crippen LogP contribution < -0.4 is 0 Å². The molecule has 7 nitrogen and oxygen atoms in total. The topological polar surface area (TPSA) is 109 Å². The Balaban J connectivity index is 1.74. The Bertz CT molecular complexity index is 986. The number of phenolic OH excluding ortho intramolecular Hbond substituents is 1. The molecular formula is C27H31NO6. The van der Waals surface area contributed by atoms with Crippen LogP contribution in [0.15, 0.2) is 61.2 Å². The molecule has 2 N–H and O–H groups in total. The third-order valence-corrected chi connectivity index (χ3v) is 5.79. The van der Waals surface area contributed by atoms with Crippen LogP contribution in [0.25, 0.3) is 0 Å². The van der Waals surface area contributed by atoms with E-state index in [0.717, 1.165) is 5.56 Å². The van der Waals surface area contributed by atoms with Crippen LogP contribution in [0, 0.1) is 11.3 Å². The maximum atomic E-state index is 12.5. The Morgan fingerprint density at radius 3 is 2.71 bits per heavy atom. The fourth-order valence-electron chi connectivity index (χ4n) is 4.27. The number of carbonyl (C=O) groups excluding carboxylic acids is 1. The van der Waals surface area contributed by atoms with Gasteiger partial charge >= 0.3 is 5.97 Å². The van der Waals surface area contributed by atoms with E-state index in [9.17, 15) is 15.0 Å². The van der Waals surface area contributed by atoms with E-state index in [-0.39, 0.29) is 29.6 Å². The smallest absolute Gasteiger partial charge is 0.343 e. The first-order chi connectivity index (χ1) is 16.5. The molecule has 0 aromatic heterocycles. The van der Waals surface area contributed by atoms with Crippen molar-refractivity contribution < 1.29 is 29.2 Å². The predicted octanol–water partition coefficient (Wildman–Crippen LogP) is 4.08. The number of hydrogen-bond donors (Lipinski definition) is 2. The van der Waals surface area contributed by atoms with Gasteiger partial charge in [0.15, 0.2) is 6.61 Å². The maximum Gasteiger partial charge on any atom is 0.343 e. The van der Waals surface area contributed by atoms with Gasteiger partial charge in [-0.1, -0.05) is 48.5 Å². The van der Waals surface area contributed by atoms with Crippen LogP contribution in [0.4, 0.5) is 0 Å². The Morgan fingerprint density at radius 2 is 1.97 bits per heavy atom. The second kappa shape index (κ2) is 12.9. The lowest BCUT2D eigenvalue weighted by molar-refractivity contribution is -0.127. The van der Waals surface area contributed by atoms with Gasteiger partial charge in [-0.15, -0.1) is 6.58 Å². The summed E-state index contributed by atoms with van der Waals surface area (Å²) in [4.78, 5) is 12.5. The summed E-state index contributed by atoms with van der Waals surface area (Å²) < 4.78 is 17.4. The fraction of sp³-hybridized carbons (Fsp3) is 0.407. The van der Waals surface area contributed by atoms with Crippen molar-refractivity contribution in [2.75, 3.05) is 6.61 Å². The second-order valence-electron chi connectivity index (χ2n) is 8.43. The maximum absolute atomic E-state index is 12.5. The highest BCUT2D eigenvalue weighted by molar-refractivity contribution is 5.94. The molecule has 0 spiro atoms. The van der Waals surface area contributed by atoms with E-state index < -0.39 is 18.7 Å². The van der Waals surface area contributed by atoms with Crippen LogP contribution >= 0.6 is 0 Å². The van der Waals surface area contributed by atoms with Crippen molar-refractivity contribution in [3.05, 3.63) is 77.9 Å². The zero-order valence-corrected chi connectivity index (χ0v) is 19.1. The number of nitrogens with zero attached hydrogens (tertiary/aromatic N) is 1. The van der Waals surface area contributed by atoms with E-state index >= 15 is 0 Å². The number of carbonyl (C=O) groups is 1. The monoisotopic (exact) mass is 465 g/mol. The van der Waals surface area contributed by atoms with Crippen LogP contribution in [0.1, 0.15) is 47.2 Å². The minimum Gasteiger partial charge on any atom is -0.507 e. The van der Waals surface area contributed by atoms with Crippen LogP contribution in [-0.2, 0) is 27.2 Å². The van der Waals surface area contributed by atoms with Crippen molar-refractivity contribution in [1.29, 1.82) is 5.26 Å². The Kier molecular flexibility index (Phi) is 9.65. The van der Waals surface area contributed by atoms with Crippen LogP contribution in [0.2, 0.25) is 0 Å². The summed E-state index contributed by atoms with van der Waals surface area (Å²) in [6, 6.07) is 16.5. The van der Waals surface area contributed by atoms with E-state index in [2.05, 4.69) is 6.58 Å². The molecule has 1 fully saturated rings. The number of ether oxygens (including phenoxy) is 3. The lowest BCUT2D eigenvalue weighted by Crippen LogP contribution is -2.39.